The Morgan fingerprint density at radius 3 is 2.74 bits per heavy atom. The number of fused-ring (bicyclic) bond motifs is 2. The minimum Gasteiger partial charge on any atom is -0.371 e. The molecule has 6 heteroatoms. The van der Waals surface area contributed by atoms with E-state index in [1.54, 1.807) is 30.5 Å². The fourth-order valence-electron chi connectivity index (χ4n) is 3.51. The maximum absolute atomic E-state index is 12.8. The van der Waals surface area contributed by atoms with Gasteiger partial charge in [0, 0.05) is 32.3 Å². The maximum Gasteiger partial charge on any atom is 0.216 e. The molecule has 1 aromatic carbocycles. The van der Waals surface area contributed by atoms with Crippen LogP contribution in [-0.2, 0) is 16.0 Å². The second-order valence-corrected chi connectivity index (χ2v) is 6.49. The van der Waals surface area contributed by atoms with Crippen LogP contribution in [-0.4, -0.2) is 40.8 Å². The standard InChI is InChI=1S/C21H20N2O4/c1-26-18-12-14(9-10-21(18,25)27-2)13-23-17-8-4-3-6-15(17)19(24)16-7-5-11-22-20(16)23/h3-12,18,25H,13H2,1-2H3. The van der Waals surface area contributed by atoms with Crippen molar-refractivity contribution in [3.05, 3.63) is 76.6 Å². The molecule has 3 aromatic rings. The molecule has 2 aromatic heterocycles. The van der Waals surface area contributed by atoms with Gasteiger partial charge < -0.3 is 19.1 Å². The van der Waals surface area contributed by atoms with Crippen molar-refractivity contribution in [1.82, 2.24) is 9.55 Å². The monoisotopic (exact) mass is 364 g/mol. The van der Waals surface area contributed by atoms with E-state index in [4.69, 9.17) is 9.47 Å². The Bertz CT molecular complexity index is 1070. The fourth-order valence-corrected chi connectivity index (χ4v) is 3.51. The smallest absolute Gasteiger partial charge is 0.216 e. The minimum atomic E-state index is -1.50. The Morgan fingerprint density at radius 1 is 1.19 bits per heavy atom. The molecule has 0 bridgehead atoms. The van der Waals surface area contributed by atoms with Crippen LogP contribution < -0.4 is 5.43 Å². The van der Waals surface area contributed by atoms with Crippen LogP contribution in [0.25, 0.3) is 21.9 Å². The van der Waals surface area contributed by atoms with E-state index in [-0.39, 0.29) is 5.43 Å². The highest BCUT2D eigenvalue weighted by molar-refractivity contribution is 5.91. The van der Waals surface area contributed by atoms with Crippen molar-refractivity contribution in [2.45, 2.75) is 18.4 Å². The van der Waals surface area contributed by atoms with Crippen LogP contribution in [0.5, 0.6) is 0 Å². The zero-order valence-electron chi connectivity index (χ0n) is 15.1. The Morgan fingerprint density at radius 2 is 1.96 bits per heavy atom. The molecule has 0 fully saturated rings. The summed E-state index contributed by atoms with van der Waals surface area (Å²) in [5.74, 6) is -1.50. The van der Waals surface area contributed by atoms with Crippen molar-refractivity contribution in [1.29, 1.82) is 0 Å². The highest BCUT2D eigenvalue weighted by Crippen LogP contribution is 2.27. The number of rotatable bonds is 4. The first-order chi connectivity index (χ1) is 13.1. The Kier molecular flexibility index (Phi) is 4.39. The summed E-state index contributed by atoms with van der Waals surface area (Å²) in [5, 5.41) is 11.7. The molecule has 0 amide bonds. The largest absolute Gasteiger partial charge is 0.371 e. The van der Waals surface area contributed by atoms with Gasteiger partial charge >= 0.3 is 0 Å². The molecule has 0 saturated carbocycles. The van der Waals surface area contributed by atoms with E-state index in [0.29, 0.717) is 23.0 Å². The van der Waals surface area contributed by atoms with Crippen molar-refractivity contribution < 1.29 is 14.6 Å². The Hall–Kier alpha value is -2.80. The van der Waals surface area contributed by atoms with Crippen LogP contribution in [0.4, 0.5) is 0 Å². The SMILES string of the molecule is COC1C=C(Cn2c3ccccc3c(=O)c3cccnc32)C=CC1(O)OC. The highest BCUT2D eigenvalue weighted by atomic mass is 16.6. The molecule has 2 unspecified atom stereocenters. The summed E-state index contributed by atoms with van der Waals surface area (Å²) in [6, 6.07) is 11.1. The average Bonchev–Trinajstić information content (AvgIpc) is 2.72. The second kappa shape index (κ2) is 6.74. The first kappa shape index (κ1) is 17.6. The summed E-state index contributed by atoms with van der Waals surface area (Å²) in [4.78, 5) is 17.3. The normalized spacial score (nSPS) is 22.3. The van der Waals surface area contributed by atoms with Crippen LogP contribution in [0.3, 0.4) is 0 Å². The predicted octanol–water partition coefficient (Wildman–Crippen LogP) is 2.40. The molecule has 0 radical (unpaired) electrons. The molecule has 1 aliphatic carbocycles. The molecular weight excluding hydrogens is 344 g/mol. The number of pyridine rings is 2. The molecular formula is C21H20N2O4. The van der Waals surface area contributed by atoms with Gasteiger partial charge in [-0.3, -0.25) is 4.79 Å². The molecule has 2 atom stereocenters. The molecule has 1 aliphatic rings. The molecule has 6 nitrogen and oxygen atoms in total. The van der Waals surface area contributed by atoms with Crippen LogP contribution in [0.2, 0.25) is 0 Å². The zero-order chi connectivity index (χ0) is 19.0. The number of hydrogen-bond donors (Lipinski definition) is 1. The summed E-state index contributed by atoms with van der Waals surface area (Å²) in [5.41, 5.74) is 2.33. The van der Waals surface area contributed by atoms with E-state index in [1.807, 2.05) is 34.9 Å². The lowest BCUT2D eigenvalue weighted by Crippen LogP contribution is -2.44. The van der Waals surface area contributed by atoms with E-state index in [9.17, 15) is 9.90 Å². The summed E-state index contributed by atoms with van der Waals surface area (Å²) >= 11 is 0. The number of aliphatic hydroxyl groups is 1. The summed E-state index contributed by atoms with van der Waals surface area (Å²) in [7, 11) is 2.95. The maximum atomic E-state index is 12.8. The average molecular weight is 364 g/mol. The van der Waals surface area contributed by atoms with Crippen molar-refractivity contribution in [2.75, 3.05) is 14.2 Å². The van der Waals surface area contributed by atoms with Gasteiger partial charge in [-0.15, -0.1) is 0 Å². The number of benzene rings is 1. The third-order valence-electron chi connectivity index (χ3n) is 4.96. The van der Waals surface area contributed by atoms with Gasteiger partial charge in [0.05, 0.1) is 10.9 Å². The third kappa shape index (κ3) is 2.88. The van der Waals surface area contributed by atoms with Crippen molar-refractivity contribution in [2.24, 2.45) is 0 Å². The van der Waals surface area contributed by atoms with Gasteiger partial charge in [0.15, 0.2) is 5.43 Å². The first-order valence-electron chi connectivity index (χ1n) is 8.64. The number of para-hydroxylation sites is 1. The van der Waals surface area contributed by atoms with Gasteiger partial charge in [0.1, 0.15) is 11.8 Å². The molecule has 0 aliphatic heterocycles. The Balaban J connectivity index is 1.88. The van der Waals surface area contributed by atoms with Gasteiger partial charge in [0.2, 0.25) is 5.79 Å². The van der Waals surface area contributed by atoms with Crippen molar-refractivity contribution >= 4 is 21.9 Å². The van der Waals surface area contributed by atoms with Crippen LogP contribution >= 0.6 is 0 Å². The van der Waals surface area contributed by atoms with Gasteiger partial charge in [-0.1, -0.05) is 18.2 Å². The number of aromatic nitrogens is 2. The van der Waals surface area contributed by atoms with Crippen LogP contribution in [0.1, 0.15) is 0 Å². The topological polar surface area (TPSA) is 73.6 Å². The van der Waals surface area contributed by atoms with Crippen LogP contribution in [0, 0.1) is 0 Å². The lowest BCUT2D eigenvalue weighted by molar-refractivity contribution is -0.203. The highest BCUT2D eigenvalue weighted by Gasteiger charge is 2.35. The minimum absolute atomic E-state index is 0.0263. The molecule has 0 spiro atoms. The number of hydrogen-bond acceptors (Lipinski definition) is 5. The fraction of sp³-hybridized carbons (Fsp3) is 0.238. The number of ether oxygens (including phenoxy) is 2. The van der Waals surface area contributed by atoms with Crippen LogP contribution in [0.15, 0.2) is 71.2 Å². The van der Waals surface area contributed by atoms with Gasteiger partial charge in [-0.2, -0.15) is 0 Å². The molecule has 0 saturated heterocycles. The Labute approximate surface area is 156 Å². The summed E-state index contributed by atoms with van der Waals surface area (Å²) in [6.07, 6.45) is 6.26. The summed E-state index contributed by atoms with van der Waals surface area (Å²) < 4.78 is 12.6. The first-order valence-corrected chi connectivity index (χ1v) is 8.64. The number of allylic oxidation sites excluding steroid dienone is 2. The third-order valence-corrected chi connectivity index (χ3v) is 4.96. The van der Waals surface area contributed by atoms with Gasteiger partial charge in [0.25, 0.3) is 0 Å². The van der Waals surface area contributed by atoms with Gasteiger partial charge in [-0.05, 0) is 42.0 Å². The molecule has 2 heterocycles. The lowest BCUT2D eigenvalue weighted by atomic mass is 9.98. The van der Waals surface area contributed by atoms with Crippen molar-refractivity contribution in [3.63, 3.8) is 0 Å². The van der Waals surface area contributed by atoms with E-state index in [1.165, 1.54) is 14.2 Å². The second-order valence-electron chi connectivity index (χ2n) is 6.49. The zero-order valence-corrected chi connectivity index (χ0v) is 15.1. The summed E-state index contributed by atoms with van der Waals surface area (Å²) in [6.45, 7) is 0.477. The number of methoxy groups -OCH3 is 2. The van der Waals surface area contributed by atoms with E-state index >= 15 is 0 Å². The van der Waals surface area contributed by atoms with Gasteiger partial charge in [-0.25, -0.2) is 4.98 Å². The molecule has 27 heavy (non-hydrogen) atoms. The number of nitrogens with zero attached hydrogens (tertiary/aromatic N) is 2. The van der Waals surface area contributed by atoms with E-state index in [0.717, 1.165) is 11.1 Å². The lowest BCUT2D eigenvalue weighted by Gasteiger charge is -2.32. The van der Waals surface area contributed by atoms with E-state index in [2.05, 4.69) is 4.98 Å². The van der Waals surface area contributed by atoms with Crippen molar-refractivity contribution in [3.8, 4) is 0 Å². The van der Waals surface area contributed by atoms with E-state index < -0.39 is 11.9 Å². The quantitative estimate of drug-likeness (QED) is 0.568. The predicted molar refractivity (Wildman–Crippen MR) is 103 cm³/mol. The molecule has 138 valence electrons. The molecule has 1 N–H and O–H groups in total. The molecule has 4 rings (SSSR count).